The maximum Gasteiger partial charge on any atom is 0.125 e. The molecule has 2 aromatic rings. The summed E-state index contributed by atoms with van der Waals surface area (Å²) in [7, 11) is 0. The second kappa shape index (κ2) is 6.08. The first-order valence-corrected chi connectivity index (χ1v) is 7.77. The second-order valence-corrected chi connectivity index (χ2v) is 6.21. The van der Waals surface area contributed by atoms with E-state index in [9.17, 15) is 0 Å². The molecule has 1 aliphatic heterocycles. The molecule has 0 aromatic heterocycles. The first kappa shape index (κ1) is 14.4. The number of nitrogens with two attached hydrogens (primary N) is 1. The Balaban J connectivity index is 1.81. The summed E-state index contributed by atoms with van der Waals surface area (Å²) in [6, 6.07) is 14.3. The molecule has 0 bridgehead atoms. The molecule has 2 nitrogen and oxygen atoms in total. The summed E-state index contributed by atoms with van der Waals surface area (Å²) >= 11 is 6.22. The van der Waals surface area contributed by atoms with Gasteiger partial charge in [-0.3, -0.25) is 0 Å². The SMILES string of the molecule is CC(Cc1cc(Cl)cc2c1OCC2)C(N)c1ccccc1. The maximum atomic E-state index is 6.40. The molecule has 3 rings (SSSR count). The lowest BCUT2D eigenvalue weighted by molar-refractivity contribution is 0.349. The van der Waals surface area contributed by atoms with Crippen molar-refractivity contribution >= 4 is 11.6 Å². The molecule has 3 heteroatoms. The zero-order chi connectivity index (χ0) is 14.8. The van der Waals surface area contributed by atoms with E-state index in [2.05, 4.69) is 19.1 Å². The van der Waals surface area contributed by atoms with Gasteiger partial charge in [0.25, 0.3) is 0 Å². The highest BCUT2D eigenvalue weighted by atomic mass is 35.5. The third kappa shape index (κ3) is 3.07. The Bertz CT molecular complexity index is 627. The van der Waals surface area contributed by atoms with Crippen LogP contribution in [0.3, 0.4) is 0 Å². The van der Waals surface area contributed by atoms with Crippen LogP contribution in [0.25, 0.3) is 0 Å². The van der Waals surface area contributed by atoms with Gasteiger partial charge in [-0.15, -0.1) is 0 Å². The van der Waals surface area contributed by atoms with Crippen LogP contribution in [0.2, 0.25) is 5.02 Å². The van der Waals surface area contributed by atoms with Crippen molar-refractivity contribution in [3.05, 3.63) is 64.2 Å². The molecular formula is C18H20ClNO. The summed E-state index contributed by atoms with van der Waals surface area (Å²) in [5.41, 5.74) is 9.96. The lowest BCUT2D eigenvalue weighted by Gasteiger charge is -2.21. The quantitative estimate of drug-likeness (QED) is 0.920. The van der Waals surface area contributed by atoms with Gasteiger partial charge >= 0.3 is 0 Å². The number of rotatable bonds is 4. The molecule has 0 saturated carbocycles. The Labute approximate surface area is 130 Å². The van der Waals surface area contributed by atoms with Gasteiger partial charge in [0.1, 0.15) is 5.75 Å². The summed E-state index contributed by atoms with van der Waals surface area (Å²) in [5.74, 6) is 1.34. The zero-order valence-electron chi connectivity index (χ0n) is 12.2. The van der Waals surface area contributed by atoms with E-state index in [4.69, 9.17) is 22.1 Å². The third-order valence-electron chi connectivity index (χ3n) is 4.16. The monoisotopic (exact) mass is 301 g/mol. The molecule has 2 aromatic carbocycles. The van der Waals surface area contributed by atoms with Crippen molar-refractivity contribution < 1.29 is 4.74 Å². The molecule has 0 amide bonds. The molecule has 0 aliphatic carbocycles. The standard InChI is InChI=1S/C18H20ClNO/c1-12(17(20)13-5-3-2-4-6-13)9-15-11-16(19)10-14-7-8-21-18(14)15/h2-6,10-12,17H,7-9,20H2,1H3. The van der Waals surface area contributed by atoms with Crippen LogP contribution in [0.4, 0.5) is 0 Å². The number of halogens is 1. The normalized spacial score (nSPS) is 16.1. The van der Waals surface area contributed by atoms with Crippen LogP contribution in [-0.2, 0) is 12.8 Å². The maximum absolute atomic E-state index is 6.40. The van der Waals surface area contributed by atoms with E-state index in [1.165, 1.54) is 16.7 Å². The Morgan fingerprint density at radius 3 is 2.76 bits per heavy atom. The van der Waals surface area contributed by atoms with Crippen molar-refractivity contribution in [2.75, 3.05) is 6.61 Å². The van der Waals surface area contributed by atoms with Crippen LogP contribution >= 0.6 is 11.6 Å². The van der Waals surface area contributed by atoms with Gasteiger partial charge in [0.05, 0.1) is 6.61 Å². The fourth-order valence-electron chi connectivity index (χ4n) is 2.98. The summed E-state index contributed by atoms with van der Waals surface area (Å²) in [4.78, 5) is 0. The van der Waals surface area contributed by atoms with Crippen LogP contribution in [0.1, 0.15) is 29.7 Å². The molecule has 0 saturated heterocycles. The third-order valence-corrected chi connectivity index (χ3v) is 4.38. The smallest absolute Gasteiger partial charge is 0.125 e. The largest absolute Gasteiger partial charge is 0.493 e. The Morgan fingerprint density at radius 1 is 1.24 bits per heavy atom. The Morgan fingerprint density at radius 2 is 2.00 bits per heavy atom. The molecule has 110 valence electrons. The Hall–Kier alpha value is -1.51. The van der Waals surface area contributed by atoms with Crippen LogP contribution in [0, 0.1) is 5.92 Å². The van der Waals surface area contributed by atoms with Crippen molar-refractivity contribution in [3.8, 4) is 5.75 Å². The summed E-state index contributed by atoms with van der Waals surface area (Å²) in [5, 5.41) is 0.787. The average Bonchev–Trinajstić information content (AvgIpc) is 2.95. The average molecular weight is 302 g/mol. The topological polar surface area (TPSA) is 35.2 Å². The number of fused-ring (bicyclic) bond motifs is 1. The van der Waals surface area contributed by atoms with E-state index in [0.717, 1.165) is 30.2 Å². The summed E-state index contributed by atoms with van der Waals surface area (Å²) in [6.45, 7) is 2.93. The highest BCUT2D eigenvalue weighted by Gasteiger charge is 2.21. The molecular weight excluding hydrogens is 282 g/mol. The van der Waals surface area contributed by atoms with Crippen molar-refractivity contribution in [1.29, 1.82) is 0 Å². The van der Waals surface area contributed by atoms with Gasteiger partial charge in [-0.25, -0.2) is 0 Å². The minimum atomic E-state index is 0.0160. The fraction of sp³-hybridized carbons (Fsp3) is 0.333. The number of hydrogen-bond acceptors (Lipinski definition) is 2. The van der Waals surface area contributed by atoms with Gasteiger partial charge in [0, 0.05) is 17.5 Å². The van der Waals surface area contributed by atoms with Crippen molar-refractivity contribution in [3.63, 3.8) is 0 Å². The molecule has 0 spiro atoms. The molecule has 0 radical (unpaired) electrons. The number of benzene rings is 2. The molecule has 1 aliphatic rings. The van der Waals surface area contributed by atoms with E-state index in [1.807, 2.05) is 30.3 Å². The molecule has 2 N–H and O–H groups in total. The number of hydrogen-bond donors (Lipinski definition) is 1. The van der Waals surface area contributed by atoms with E-state index >= 15 is 0 Å². The minimum Gasteiger partial charge on any atom is -0.493 e. The van der Waals surface area contributed by atoms with E-state index in [-0.39, 0.29) is 6.04 Å². The molecule has 2 atom stereocenters. The van der Waals surface area contributed by atoms with Crippen molar-refractivity contribution in [2.24, 2.45) is 11.7 Å². The van der Waals surface area contributed by atoms with Gasteiger partial charge in [0.15, 0.2) is 0 Å². The molecule has 1 heterocycles. The first-order valence-electron chi connectivity index (χ1n) is 7.40. The summed E-state index contributed by atoms with van der Waals surface area (Å²) < 4.78 is 5.77. The Kier molecular flexibility index (Phi) is 4.18. The lowest BCUT2D eigenvalue weighted by Crippen LogP contribution is -2.21. The number of ether oxygens (including phenoxy) is 1. The van der Waals surface area contributed by atoms with E-state index in [1.54, 1.807) is 0 Å². The van der Waals surface area contributed by atoms with Gasteiger partial charge in [0.2, 0.25) is 0 Å². The van der Waals surface area contributed by atoms with E-state index < -0.39 is 0 Å². The van der Waals surface area contributed by atoms with Crippen LogP contribution < -0.4 is 10.5 Å². The van der Waals surface area contributed by atoms with Gasteiger partial charge in [-0.1, -0.05) is 48.9 Å². The minimum absolute atomic E-state index is 0.0160. The fourth-order valence-corrected chi connectivity index (χ4v) is 3.24. The van der Waals surface area contributed by atoms with Gasteiger partial charge < -0.3 is 10.5 Å². The molecule has 21 heavy (non-hydrogen) atoms. The van der Waals surface area contributed by atoms with E-state index in [0.29, 0.717) is 5.92 Å². The van der Waals surface area contributed by atoms with Crippen LogP contribution in [0.5, 0.6) is 5.75 Å². The first-order chi connectivity index (χ1) is 10.1. The van der Waals surface area contributed by atoms with Crippen molar-refractivity contribution in [1.82, 2.24) is 0 Å². The second-order valence-electron chi connectivity index (χ2n) is 5.77. The van der Waals surface area contributed by atoms with Gasteiger partial charge in [-0.05, 0) is 41.2 Å². The molecule has 0 fully saturated rings. The predicted octanol–water partition coefficient (Wildman–Crippen LogP) is 4.15. The summed E-state index contributed by atoms with van der Waals surface area (Å²) in [6.07, 6.45) is 1.82. The predicted molar refractivity (Wildman–Crippen MR) is 86.9 cm³/mol. The zero-order valence-corrected chi connectivity index (χ0v) is 12.9. The van der Waals surface area contributed by atoms with Crippen LogP contribution in [0.15, 0.2) is 42.5 Å². The highest BCUT2D eigenvalue weighted by Crippen LogP contribution is 2.35. The molecule has 2 unspecified atom stereocenters. The van der Waals surface area contributed by atoms with Gasteiger partial charge in [-0.2, -0.15) is 0 Å². The van der Waals surface area contributed by atoms with Crippen LogP contribution in [-0.4, -0.2) is 6.61 Å². The van der Waals surface area contributed by atoms with Crippen molar-refractivity contribution in [2.45, 2.75) is 25.8 Å². The lowest BCUT2D eigenvalue weighted by atomic mass is 9.89. The highest BCUT2D eigenvalue weighted by molar-refractivity contribution is 6.30.